The highest BCUT2D eigenvalue weighted by atomic mass is 16.5. The van der Waals surface area contributed by atoms with Crippen molar-refractivity contribution in [1.29, 1.82) is 0 Å². The topological polar surface area (TPSA) is 67.6 Å². The number of piperidine rings is 1. The minimum atomic E-state index is 0.107. The van der Waals surface area contributed by atoms with Crippen LogP contribution in [0.5, 0.6) is 5.75 Å². The summed E-state index contributed by atoms with van der Waals surface area (Å²) < 4.78 is 5.30. The number of amides is 1. The summed E-state index contributed by atoms with van der Waals surface area (Å²) in [6.45, 7) is 3.18. The molecule has 0 aromatic heterocycles. The number of nitrogens with zero attached hydrogens (tertiary/aromatic N) is 1. The van der Waals surface area contributed by atoms with E-state index in [0.717, 1.165) is 43.8 Å². The molecule has 116 valence electrons. The molecular formula is C16H25N3O2. The monoisotopic (exact) mass is 291 g/mol. The van der Waals surface area contributed by atoms with E-state index in [1.54, 1.807) is 14.2 Å². The first-order valence-corrected chi connectivity index (χ1v) is 7.47. The maximum atomic E-state index is 11.8. The second-order valence-corrected chi connectivity index (χ2v) is 5.54. The molecule has 1 unspecified atom stereocenters. The average Bonchev–Trinajstić information content (AvgIpc) is 2.54. The molecule has 1 heterocycles. The van der Waals surface area contributed by atoms with E-state index >= 15 is 0 Å². The van der Waals surface area contributed by atoms with E-state index < -0.39 is 0 Å². The van der Waals surface area contributed by atoms with Crippen molar-refractivity contribution in [1.82, 2.24) is 10.2 Å². The van der Waals surface area contributed by atoms with E-state index in [4.69, 9.17) is 10.5 Å². The maximum Gasteiger partial charge on any atom is 0.224 e. The van der Waals surface area contributed by atoms with Crippen LogP contribution in [0.15, 0.2) is 18.2 Å². The number of carbonyl (C=O) groups excluding carboxylic acids is 1. The van der Waals surface area contributed by atoms with Gasteiger partial charge in [-0.1, -0.05) is 6.07 Å². The van der Waals surface area contributed by atoms with Crippen LogP contribution < -0.4 is 15.8 Å². The summed E-state index contributed by atoms with van der Waals surface area (Å²) in [5.74, 6) is 1.09. The van der Waals surface area contributed by atoms with E-state index in [0.29, 0.717) is 6.54 Å². The summed E-state index contributed by atoms with van der Waals surface area (Å²) in [7, 11) is 3.37. The van der Waals surface area contributed by atoms with Gasteiger partial charge in [0.05, 0.1) is 13.0 Å². The van der Waals surface area contributed by atoms with Crippen LogP contribution in [0.2, 0.25) is 0 Å². The van der Waals surface area contributed by atoms with Gasteiger partial charge in [-0.05, 0) is 37.1 Å². The van der Waals surface area contributed by atoms with Crippen molar-refractivity contribution in [3.05, 3.63) is 29.3 Å². The fourth-order valence-corrected chi connectivity index (χ4v) is 2.97. The van der Waals surface area contributed by atoms with Gasteiger partial charge in [0, 0.05) is 32.2 Å². The number of ether oxygens (including phenoxy) is 1. The SMILES string of the molecule is CNC(=O)C1CCCN(Cc2ccc(OC)c(CN)c2)C1. The predicted octanol–water partition coefficient (Wildman–Crippen LogP) is 1.11. The van der Waals surface area contributed by atoms with Crippen LogP contribution >= 0.6 is 0 Å². The molecule has 5 nitrogen and oxygen atoms in total. The Morgan fingerprint density at radius 1 is 1.52 bits per heavy atom. The second kappa shape index (κ2) is 7.43. The lowest BCUT2D eigenvalue weighted by atomic mass is 9.96. The minimum absolute atomic E-state index is 0.107. The van der Waals surface area contributed by atoms with Crippen molar-refractivity contribution in [2.45, 2.75) is 25.9 Å². The van der Waals surface area contributed by atoms with Crippen molar-refractivity contribution in [2.24, 2.45) is 11.7 Å². The highest BCUT2D eigenvalue weighted by Crippen LogP contribution is 2.22. The number of hydrogen-bond acceptors (Lipinski definition) is 4. The Labute approximate surface area is 126 Å². The van der Waals surface area contributed by atoms with Crippen molar-refractivity contribution in [3.63, 3.8) is 0 Å². The first kappa shape index (κ1) is 15.8. The van der Waals surface area contributed by atoms with E-state index in [1.807, 2.05) is 6.07 Å². The van der Waals surface area contributed by atoms with E-state index in [2.05, 4.69) is 22.3 Å². The van der Waals surface area contributed by atoms with Crippen LogP contribution in [0.4, 0.5) is 0 Å². The Morgan fingerprint density at radius 3 is 3.00 bits per heavy atom. The molecule has 0 spiro atoms. The molecule has 1 aliphatic heterocycles. The molecule has 5 heteroatoms. The normalized spacial score (nSPS) is 19.3. The van der Waals surface area contributed by atoms with E-state index in [1.165, 1.54) is 5.56 Å². The molecule has 1 saturated heterocycles. The van der Waals surface area contributed by atoms with Crippen LogP contribution in [-0.4, -0.2) is 38.1 Å². The first-order valence-electron chi connectivity index (χ1n) is 7.47. The minimum Gasteiger partial charge on any atom is -0.496 e. The smallest absolute Gasteiger partial charge is 0.224 e. The van der Waals surface area contributed by atoms with Gasteiger partial charge in [0.2, 0.25) is 5.91 Å². The molecule has 21 heavy (non-hydrogen) atoms. The molecule has 1 aromatic carbocycles. The lowest BCUT2D eigenvalue weighted by molar-refractivity contribution is -0.126. The summed E-state index contributed by atoms with van der Waals surface area (Å²) in [5, 5.41) is 2.75. The Balaban J connectivity index is 2.02. The van der Waals surface area contributed by atoms with Gasteiger partial charge >= 0.3 is 0 Å². The van der Waals surface area contributed by atoms with Gasteiger partial charge in [0.15, 0.2) is 0 Å². The van der Waals surface area contributed by atoms with E-state index in [9.17, 15) is 4.79 Å². The summed E-state index contributed by atoms with van der Waals surface area (Å²) in [6, 6.07) is 6.14. The third-order valence-electron chi connectivity index (χ3n) is 4.09. The Morgan fingerprint density at radius 2 is 2.33 bits per heavy atom. The van der Waals surface area contributed by atoms with Crippen LogP contribution in [0.1, 0.15) is 24.0 Å². The molecule has 0 radical (unpaired) electrons. The van der Waals surface area contributed by atoms with E-state index in [-0.39, 0.29) is 11.8 Å². The van der Waals surface area contributed by atoms with Crippen molar-refractivity contribution >= 4 is 5.91 Å². The van der Waals surface area contributed by atoms with Crippen molar-refractivity contribution in [2.75, 3.05) is 27.2 Å². The summed E-state index contributed by atoms with van der Waals surface area (Å²) in [4.78, 5) is 14.1. The Hall–Kier alpha value is -1.59. The molecule has 3 N–H and O–H groups in total. The molecule has 1 aliphatic rings. The molecular weight excluding hydrogens is 266 g/mol. The van der Waals surface area contributed by atoms with Crippen molar-refractivity contribution in [3.8, 4) is 5.75 Å². The van der Waals surface area contributed by atoms with Gasteiger partial charge in [0.1, 0.15) is 5.75 Å². The highest BCUT2D eigenvalue weighted by molar-refractivity contribution is 5.78. The molecule has 1 atom stereocenters. The second-order valence-electron chi connectivity index (χ2n) is 5.54. The van der Waals surface area contributed by atoms with Crippen molar-refractivity contribution < 1.29 is 9.53 Å². The number of nitrogens with two attached hydrogens (primary N) is 1. The number of hydrogen-bond donors (Lipinski definition) is 2. The zero-order chi connectivity index (χ0) is 15.2. The number of carbonyl (C=O) groups is 1. The van der Waals surface area contributed by atoms with Gasteiger partial charge in [-0.25, -0.2) is 0 Å². The number of benzene rings is 1. The Bertz CT molecular complexity index is 490. The summed E-state index contributed by atoms with van der Waals surface area (Å²) in [5.41, 5.74) is 8.00. The number of likely N-dealkylation sites (tertiary alicyclic amines) is 1. The predicted molar refractivity (Wildman–Crippen MR) is 83.0 cm³/mol. The third kappa shape index (κ3) is 3.95. The van der Waals surface area contributed by atoms with Crippen LogP contribution in [0.3, 0.4) is 0 Å². The highest BCUT2D eigenvalue weighted by Gasteiger charge is 2.24. The maximum absolute atomic E-state index is 11.8. The van der Waals surface area contributed by atoms with Crippen LogP contribution in [-0.2, 0) is 17.9 Å². The molecule has 0 bridgehead atoms. The Kier molecular flexibility index (Phi) is 5.59. The molecule has 1 fully saturated rings. The fraction of sp³-hybridized carbons (Fsp3) is 0.562. The number of methoxy groups -OCH3 is 1. The van der Waals surface area contributed by atoms with Gasteiger partial charge < -0.3 is 15.8 Å². The quantitative estimate of drug-likeness (QED) is 0.853. The summed E-state index contributed by atoms with van der Waals surface area (Å²) in [6.07, 6.45) is 2.05. The van der Waals surface area contributed by atoms with Crippen LogP contribution in [0, 0.1) is 5.92 Å². The third-order valence-corrected chi connectivity index (χ3v) is 4.09. The van der Waals surface area contributed by atoms with Gasteiger partial charge in [0.25, 0.3) is 0 Å². The fourth-order valence-electron chi connectivity index (χ4n) is 2.97. The lowest BCUT2D eigenvalue weighted by Crippen LogP contribution is -2.41. The summed E-state index contributed by atoms with van der Waals surface area (Å²) >= 11 is 0. The molecule has 2 rings (SSSR count). The van der Waals surface area contributed by atoms with Crippen LogP contribution in [0.25, 0.3) is 0 Å². The molecule has 1 amide bonds. The number of rotatable bonds is 5. The van der Waals surface area contributed by atoms with Gasteiger partial charge in [-0.15, -0.1) is 0 Å². The average molecular weight is 291 g/mol. The number of nitrogens with one attached hydrogen (secondary N) is 1. The molecule has 0 saturated carbocycles. The molecule has 0 aliphatic carbocycles. The lowest BCUT2D eigenvalue weighted by Gasteiger charge is -2.31. The van der Waals surface area contributed by atoms with Gasteiger partial charge in [-0.2, -0.15) is 0 Å². The largest absolute Gasteiger partial charge is 0.496 e. The molecule has 1 aromatic rings. The standard InChI is InChI=1S/C16H25N3O2/c1-18-16(20)13-4-3-7-19(11-13)10-12-5-6-15(21-2)14(8-12)9-17/h5-6,8,13H,3-4,7,9-11,17H2,1-2H3,(H,18,20). The zero-order valence-electron chi connectivity index (χ0n) is 12.9. The zero-order valence-corrected chi connectivity index (χ0v) is 12.9. The first-order chi connectivity index (χ1) is 10.2. The van der Waals surface area contributed by atoms with Gasteiger partial charge in [-0.3, -0.25) is 9.69 Å².